The third kappa shape index (κ3) is 3.25. The molecule has 0 fully saturated rings. The molecule has 100 valence electrons. The number of anilines is 2. The number of nitrogens with zero attached hydrogens (tertiary/aromatic N) is 2. The second kappa shape index (κ2) is 5.43. The molecule has 0 radical (unpaired) electrons. The number of aromatic nitrogens is 2. The van der Waals surface area contributed by atoms with Gasteiger partial charge in [0.2, 0.25) is 0 Å². The summed E-state index contributed by atoms with van der Waals surface area (Å²) in [6.07, 6.45) is 2.69. The van der Waals surface area contributed by atoms with Crippen LogP contribution < -0.4 is 11.1 Å². The highest BCUT2D eigenvalue weighted by molar-refractivity contribution is 5.94. The number of aryl methyl sites for hydroxylation is 1. The van der Waals surface area contributed by atoms with Gasteiger partial charge in [0, 0.05) is 37.6 Å². The Labute approximate surface area is 110 Å². The zero-order valence-electron chi connectivity index (χ0n) is 10.6. The molecule has 0 aliphatic carbocycles. The molecule has 0 amide bonds. The summed E-state index contributed by atoms with van der Waals surface area (Å²) in [7, 11) is 1.88. The molecule has 1 aromatic heterocycles. The highest BCUT2D eigenvalue weighted by Gasteiger charge is 2.07. The number of carboxylic acid groups (broad SMARTS) is 1. The SMILES string of the molecule is Cn1ccc(CCNc2ccc(C(=O)O)c(N)c2)n1. The van der Waals surface area contributed by atoms with Gasteiger partial charge in [-0.15, -0.1) is 0 Å². The molecule has 0 unspecified atom stereocenters. The molecule has 1 heterocycles. The minimum Gasteiger partial charge on any atom is -0.478 e. The van der Waals surface area contributed by atoms with E-state index in [0.29, 0.717) is 6.54 Å². The summed E-state index contributed by atoms with van der Waals surface area (Å²) in [5.74, 6) is -1.02. The first-order valence-corrected chi connectivity index (χ1v) is 5.91. The lowest BCUT2D eigenvalue weighted by molar-refractivity contribution is 0.0698. The van der Waals surface area contributed by atoms with Gasteiger partial charge in [0.1, 0.15) is 0 Å². The van der Waals surface area contributed by atoms with Crippen molar-refractivity contribution in [2.45, 2.75) is 6.42 Å². The fourth-order valence-electron chi connectivity index (χ4n) is 1.80. The van der Waals surface area contributed by atoms with Crippen LogP contribution in [-0.4, -0.2) is 27.4 Å². The Morgan fingerprint density at radius 2 is 2.26 bits per heavy atom. The van der Waals surface area contributed by atoms with Gasteiger partial charge in [-0.3, -0.25) is 4.68 Å². The van der Waals surface area contributed by atoms with Gasteiger partial charge in [-0.1, -0.05) is 0 Å². The maximum atomic E-state index is 10.8. The molecule has 0 atom stereocenters. The predicted octanol–water partition coefficient (Wildman–Crippen LogP) is 1.36. The zero-order chi connectivity index (χ0) is 13.8. The van der Waals surface area contributed by atoms with E-state index in [1.54, 1.807) is 16.8 Å². The molecule has 6 heteroatoms. The van der Waals surface area contributed by atoms with E-state index in [1.807, 2.05) is 19.3 Å². The van der Waals surface area contributed by atoms with Crippen molar-refractivity contribution in [3.8, 4) is 0 Å². The van der Waals surface area contributed by atoms with Crippen LogP contribution in [0.2, 0.25) is 0 Å². The van der Waals surface area contributed by atoms with E-state index in [9.17, 15) is 4.79 Å². The predicted molar refractivity (Wildman–Crippen MR) is 73.2 cm³/mol. The van der Waals surface area contributed by atoms with Crippen molar-refractivity contribution in [3.05, 3.63) is 41.7 Å². The largest absolute Gasteiger partial charge is 0.478 e. The number of hydrogen-bond acceptors (Lipinski definition) is 4. The van der Waals surface area contributed by atoms with Crippen molar-refractivity contribution in [1.29, 1.82) is 0 Å². The number of carbonyl (C=O) groups is 1. The van der Waals surface area contributed by atoms with E-state index in [0.717, 1.165) is 17.8 Å². The molecule has 0 saturated heterocycles. The first-order valence-electron chi connectivity index (χ1n) is 5.91. The summed E-state index contributed by atoms with van der Waals surface area (Å²) in [5.41, 5.74) is 7.86. The molecule has 0 saturated carbocycles. The second-order valence-corrected chi connectivity index (χ2v) is 4.26. The highest BCUT2D eigenvalue weighted by atomic mass is 16.4. The average molecular weight is 260 g/mol. The molecule has 0 spiro atoms. The third-order valence-corrected chi connectivity index (χ3v) is 2.76. The second-order valence-electron chi connectivity index (χ2n) is 4.26. The average Bonchev–Trinajstić information content (AvgIpc) is 2.75. The van der Waals surface area contributed by atoms with Gasteiger partial charge in [0.15, 0.2) is 0 Å². The van der Waals surface area contributed by atoms with E-state index in [1.165, 1.54) is 6.07 Å². The van der Waals surface area contributed by atoms with Crippen molar-refractivity contribution in [3.63, 3.8) is 0 Å². The molecule has 1 aromatic carbocycles. The lowest BCUT2D eigenvalue weighted by Crippen LogP contribution is -2.07. The summed E-state index contributed by atoms with van der Waals surface area (Å²) in [4.78, 5) is 10.8. The normalized spacial score (nSPS) is 10.4. The molecule has 2 aromatic rings. The highest BCUT2D eigenvalue weighted by Crippen LogP contribution is 2.17. The van der Waals surface area contributed by atoms with Crippen LogP contribution in [0.1, 0.15) is 16.1 Å². The van der Waals surface area contributed by atoms with Crippen LogP contribution in [0.5, 0.6) is 0 Å². The van der Waals surface area contributed by atoms with Crippen LogP contribution in [0.3, 0.4) is 0 Å². The topological polar surface area (TPSA) is 93.2 Å². The molecular formula is C13H16N4O2. The maximum Gasteiger partial charge on any atom is 0.337 e. The molecule has 0 aliphatic rings. The van der Waals surface area contributed by atoms with Gasteiger partial charge in [0.25, 0.3) is 0 Å². The molecule has 0 bridgehead atoms. The smallest absolute Gasteiger partial charge is 0.337 e. The van der Waals surface area contributed by atoms with Gasteiger partial charge in [-0.25, -0.2) is 4.79 Å². The van der Waals surface area contributed by atoms with E-state index in [-0.39, 0.29) is 11.3 Å². The van der Waals surface area contributed by atoms with Gasteiger partial charge >= 0.3 is 5.97 Å². The molecule has 2 rings (SSSR count). The summed E-state index contributed by atoms with van der Waals surface area (Å²) < 4.78 is 1.76. The van der Waals surface area contributed by atoms with Crippen molar-refractivity contribution in [2.24, 2.45) is 7.05 Å². The van der Waals surface area contributed by atoms with Gasteiger partial charge in [-0.05, 0) is 24.3 Å². The number of benzene rings is 1. The van der Waals surface area contributed by atoms with Crippen LogP contribution in [0.15, 0.2) is 30.5 Å². The van der Waals surface area contributed by atoms with Crippen molar-refractivity contribution < 1.29 is 9.90 Å². The number of hydrogen-bond donors (Lipinski definition) is 3. The van der Waals surface area contributed by atoms with E-state index < -0.39 is 5.97 Å². The van der Waals surface area contributed by atoms with E-state index in [4.69, 9.17) is 10.8 Å². The first-order chi connectivity index (χ1) is 9.06. The molecular weight excluding hydrogens is 244 g/mol. The number of nitrogens with two attached hydrogens (primary N) is 1. The lowest BCUT2D eigenvalue weighted by Gasteiger charge is -2.07. The van der Waals surface area contributed by atoms with Gasteiger partial charge < -0.3 is 16.2 Å². The van der Waals surface area contributed by atoms with Crippen LogP contribution in [0, 0.1) is 0 Å². The number of rotatable bonds is 5. The fraction of sp³-hybridized carbons (Fsp3) is 0.231. The van der Waals surface area contributed by atoms with Crippen molar-refractivity contribution in [1.82, 2.24) is 9.78 Å². The Morgan fingerprint density at radius 1 is 1.47 bits per heavy atom. The zero-order valence-corrected chi connectivity index (χ0v) is 10.6. The number of nitrogens with one attached hydrogen (secondary N) is 1. The maximum absolute atomic E-state index is 10.8. The Kier molecular flexibility index (Phi) is 3.70. The number of carboxylic acids is 1. The molecule has 6 nitrogen and oxygen atoms in total. The molecule has 0 aliphatic heterocycles. The Hall–Kier alpha value is -2.50. The minimum atomic E-state index is -1.02. The number of aromatic carboxylic acids is 1. The molecule has 4 N–H and O–H groups in total. The first kappa shape index (κ1) is 12.9. The summed E-state index contributed by atoms with van der Waals surface area (Å²) in [6.45, 7) is 0.711. The number of nitrogen functional groups attached to an aromatic ring is 1. The van der Waals surface area contributed by atoms with Crippen LogP contribution >= 0.6 is 0 Å². The summed E-state index contributed by atoms with van der Waals surface area (Å²) in [6, 6.07) is 6.80. The van der Waals surface area contributed by atoms with Crippen molar-refractivity contribution in [2.75, 3.05) is 17.6 Å². The Balaban J connectivity index is 1.93. The van der Waals surface area contributed by atoms with Crippen LogP contribution in [-0.2, 0) is 13.5 Å². The van der Waals surface area contributed by atoms with Crippen LogP contribution in [0.25, 0.3) is 0 Å². The Morgan fingerprint density at radius 3 is 2.84 bits per heavy atom. The summed E-state index contributed by atoms with van der Waals surface area (Å²) >= 11 is 0. The fourth-order valence-corrected chi connectivity index (χ4v) is 1.80. The van der Waals surface area contributed by atoms with Crippen LogP contribution in [0.4, 0.5) is 11.4 Å². The van der Waals surface area contributed by atoms with E-state index in [2.05, 4.69) is 10.4 Å². The van der Waals surface area contributed by atoms with Gasteiger partial charge in [-0.2, -0.15) is 5.10 Å². The quantitative estimate of drug-likeness (QED) is 0.706. The Bertz CT molecular complexity index is 592. The molecule has 19 heavy (non-hydrogen) atoms. The minimum absolute atomic E-state index is 0.121. The standard InChI is InChI=1S/C13H16N4O2/c1-17-7-5-9(16-17)4-6-15-10-2-3-11(13(18)19)12(14)8-10/h2-3,5,7-8,15H,4,6,14H2,1H3,(H,18,19). The monoisotopic (exact) mass is 260 g/mol. The van der Waals surface area contributed by atoms with E-state index >= 15 is 0 Å². The van der Waals surface area contributed by atoms with Crippen molar-refractivity contribution >= 4 is 17.3 Å². The van der Waals surface area contributed by atoms with Gasteiger partial charge in [0.05, 0.1) is 11.3 Å². The summed E-state index contributed by atoms with van der Waals surface area (Å²) in [5, 5.41) is 16.3. The third-order valence-electron chi connectivity index (χ3n) is 2.76. The lowest BCUT2D eigenvalue weighted by atomic mass is 10.1.